The molecule has 3 aromatic rings. The van der Waals surface area contributed by atoms with Gasteiger partial charge in [-0.2, -0.15) is 13.2 Å². The largest absolute Gasteiger partial charge is 0.475 e. The van der Waals surface area contributed by atoms with Crippen molar-refractivity contribution >= 4 is 11.0 Å². The van der Waals surface area contributed by atoms with E-state index in [4.69, 9.17) is 4.74 Å². The van der Waals surface area contributed by atoms with Gasteiger partial charge in [-0.25, -0.2) is 9.67 Å². The number of benzene rings is 1. The molecule has 4 rings (SSSR count). The van der Waals surface area contributed by atoms with Gasteiger partial charge in [0.05, 0.1) is 16.6 Å². The third kappa shape index (κ3) is 3.96. The quantitative estimate of drug-likeness (QED) is 0.651. The lowest BCUT2D eigenvalue weighted by molar-refractivity contribution is -0.137. The van der Waals surface area contributed by atoms with Crippen LogP contribution in [-0.2, 0) is 6.18 Å². The topological polar surface area (TPSA) is 43.2 Å². The summed E-state index contributed by atoms with van der Waals surface area (Å²) in [7, 11) is 0. The molecule has 0 atom stereocenters. The maximum absolute atomic E-state index is 13.1. The number of nitrogens with zero attached hydrogens (tertiary/aromatic N) is 4. The summed E-state index contributed by atoms with van der Waals surface area (Å²) >= 11 is 0. The zero-order chi connectivity index (χ0) is 19.6. The Morgan fingerprint density at radius 1 is 1.04 bits per heavy atom. The van der Waals surface area contributed by atoms with Crippen molar-refractivity contribution in [3.63, 3.8) is 0 Å². The average Bonchev–Trinajstić information content (AvgIpc) is 3.07. The van der Waals surface area contributed by atoms with Crippen LogP contribution >= 0.6 is 0 Å². The van der Waals surface area contributed by atoms with Gasteiger partial charge in [-0.3, -0.25) is 4.90 Å². The van der Waals surface area contributed by atoms with Crippen molar-refractivity contribution in [3.8, 4) is 11.6 Å². The maximum Gasteiger partial charge on any atom is 0.416 e. The second kappa shape index (κ2) is 7.79. The molecule has 3 heterocycles. The second-order valence-corrected chi connectivity index (χ2v) is 6.89. The summed E-state index contributed by atoms with van der Waals surface area (Å²) < 4.78 is 46.5. The number of ether oxygens (including phenoxy) is 1. The molecule has 5 nitrogen and oxygen atoms in total. The Labute approximate surface area is 160 Å². The van der Waals surface area contributed by atoms with Gasteiger partial charge in [0.2, 0.25) is 5.88 Å². The molecule has 8 heteroatoms. The van der Waals surface area contributed by atoms with E-state index in [0.717, 1.165) is 31.8 Å². The monoisotopic (exact) mass is 390 g/mol. The molecule has 0 spiro atoms. The summed E-state index contributed by atoms with van der Waals surface area (Å²) in [5.74, 6) is 0.387. The second-order valence-electron chi connectivity index (χ2n) is 6.89. The fourth-order valence-corrected chi connectivity index (χ4v) is 3.48. The lowest BCUT2D eigenvalue weighted by atomic mass is 10.1. The van der Waals surface area contributed by atoms with Gasteiger partial charge in [-0.05, 0) is 56.3 Å². The Morgan fingerprint density at radius 2 is 1.86 bits per heavy atom. The zero-order valence-electron chi connectivity index (χ0n) is 15.3. The molecule has 28 heavy (non-hydrogen) atoms. The Bertz CT molecular complexity index is 948. The molecular formula is C20H21F3N4O. The summed E-state index contributed by atoms with van der Waals surface area (Å²) in [5.41, 5.74) is 0.0383. The van der Waals surface area contributed by atoms with Gasteiger partial charge in [-0.15, -0.1) is 5.10 Å². The van der Waals surface area contributed by atoms with E-state index in [1.807, 2.05) is 6.07 Å². The van der Waals surface area contributed by atoms with Crippen molar-refractivity contribution in [1.82, 2.24) is 19.7 Å². The van der Waals surface area contributed by atoms with Gasteiger partial charge in [0.1, 0.15) is 6.61 Å². The lowest BCUT2D eigenvalue weighted by Gasteiger charge is -2.25. The Morgan fingerprint density at radius 3 is 2.64 bits per heavy atom. The van der Waals surface area contributed by atoms with Crippen molar-refractivity contribution in [2.45, 2.75) is 25.4 Å². The predicted octanol–water partition coefficient (Wildman–Crippen LogP) is 4.30. The molecule has 1 fully saturated rings. The van der Waals surface area contributed by atoms with E-state index in [1.54, 1.807) is 18.3 Å². The van der Waals surface area contributed by atoms with Gasteiger partial charge >= 0.3 is 6.18 Å². The van der Waals surface area contributed by atoms with Crippen LogP contribution in [0.2, 0.25) is 0 Å². The first-order valence-electron chi connectivity index (χ1n) is 9.39. The molecule has 1 aromatic carbocycles. The summed E-state index contributed by atoms with van der Waals surface area (Å²) in [4.78, 5) is 6.65. The molecule has 0 saturated carbocycles. The van der Waals surface area contributed by atoms with Gasteiger partial charge < -0.3 is 4.74 Å². The summed E-state index contributed by atoms with van der Waals surface area (Å²) in [6.07, 6.45) is 0.856. The number of pyridine rings is 1. The number of rotatable bonds is 5. The predicted molar refractivity (Wildman–Crippen MR) is 99.7 cm³/mol. The van der Waals surface area contributed by atoms with E-state index in [0.29, 0.717) is 29.2 Å². The van der Waals surface area contributed by atoms with Crippen LogP contribution in [0, 0.1) is 0 Å². The van der Waals surface area contributed by atoms with Crippen LogP contribution in [-0.4, -0.2) is 45.9 Å². The molecule has 0 unspecified atom stereocenters. The van der Waals surface area contributed by atoms with Crippen LogP contribution in [0.3, 0.4) is 0 Å². The minimum absolute atomic E-state index is 0.296. The van der Waals surface area contributed by atoms with Crippen LogP contribution in [0.4, 0.5) is 13.2 Å². The highest BCUT2D eigenvalue weighted by molar-refractivity contribution is 5.82. The van der Waals surface area contributed by atoms with Gasteiger partial charge in [0, 0.05) is 12.7 Å². The first-order valence-corrected chi connectivity index (χ1v) is 9.39. The highest BCUT2D eigenvalue weighted by Crippen LogP contribution is 2.32. The van der Waals surface area contributed by atoms with Gasteiger partial charge in [0.15, 0.2) is 5.65 Å². The molecule has 0 aliphatic carbocycles. The van der Waals surface area contributed by atoms with E-state index < -0.39 is 11.7 Å². The molecule has 1 aliphatic rings. The van der Waals surface area contributed by atoms with Gasteiger partial charge in [-0.1, -0.05) is 12.5 Å². The molecular weight excluding hydrogens is 369 g/mol. The van der Waals surface area contributed by atoms with Gasteiger partial charge in [0.25, 0.3) is 0 Å². The van der Waals surface area contributed by atoms with Crippen molar-refractivity contribution in [2.75, 3.05) is 26.2 Å². The average molecular weight is 390 g/mol. The van der Waals surface area contributed by atoms with E-state index >= 15 is 0 Å². The Balaban J connectivity index is 1.60. The van der Waals surface area contributed by atoms with Crippen LogP contribution in [0.25, 0.3) is 16.7 Å². The first-order chi connectivity index (χ1) is 13.5. The first kappa shape index (κ1) is 18.7. The van der Waals surface area contributed by atoms with Crippen LogP contribution < -0.4 is 4.74 Å². The molecule has 1 aliphatic heterocycles. The molecule has 1 saturated heterocycles. The number of fused-ring (bicyclic) bond motifs is 1. The molecule has 148 valence electrons. The van der Waals surface area contributed by atoms with E-state index in [-0.39, 0.29) is 0 Å². The lowest BCUT2D eigenvalue weighted by Crippen LogP contribution is -2.33. The third-order valence-corrected chi connectivity index (χ3v) is 4.92. The molecule has 0 N–H and O–H groups in total. The molecule has 0 radical (unpaired) electrons. The van der Waals surface area contributed by atoms with Crippen LogP contribution in [0.5, 0.6) is 5.88 Å². The highest BCUT2D eigenvalue weighted by Gasteiger charge is 2.30. The zero-order valence-corrected chi connectivity index (χ0v) is 15.3. The van der Waals surface area contributed by atoms with E-state index in [1.165, 1.54) is 30.0 Å². The van der Waals surface area contributed by atoms with Crippen molar-refractivity contribution in [1.29, 1.82) is 0 Å². The van der Waals surface area contributed by atoms with Crippen LogP contribution in [0.15, 0.2) is 42.6 Å². The fourth-order valence-electron chi connectivity index (χ4n) is 3.48. The standard InChI is InChI=1S/C20H21F3N4O/c21-20(22,23)15-6-4-7-16(14-15)27-18-17(8-5-9-24-18)19(25-27)28-13-12-26-10-2-1-3-11-26/h4-9,14H,1-3,10-13H2. The summed E-state index contributed by atoms with van der Waals surface area (Å²) in [6, 6.07) is 8.63. The Hall–Kier alpha value is -2.61. The number of hydrogen-bond donors (Lipinski definition) is 0. The minimum atomic E-state index is -4.42. The van der Waals surface area contributed by atoms with E-state index in [2.05, 4.69) is 15.0 Å². The smallest absolute Gasteiger partial charge is 0.416 e. The summed E-state index contributed by atoms with van der Waals surface area (Å²) in [6.45, 7) is 3.43. The number of hydrogen-bond acceptors (Lipinski definition) is 4. The number of aromatic nitrogens is 3. The fraction of sp³-hybridized carbons (Fsp3) is 0.400. The number of piperidine rings is 1. The minimum Gasteiger partial charge on any atom is -0.475 e. The van der Waals surface area contributed by atoms with Crippen molar-refractivity contribution in [3.05, 3.63) is 48.2 Å². The van der Waals surface area contributed by atoms with Crippen LogP contribution in [0.1, 0.15) is 24.8 Å². The molecule has 2 aromatic heterocycles. The number of alkyl halides is 3. The normalized spacial score (nSPS) is 15.8. The molecule has 0 bridgehead atoms. The SMILES string of the molecule is FC(F)(F)c1cccc(-n2nc(OCCN3CCCCC3)c3cccnc32)c1. The Kier molecular flexibility index (Phi) is 5.21. The van der Waals surface area contributed by atoms with E-state index in [9.17, 15) is 13.2 Å². The molecule has 0 amide bonds. The number of likely N-dealkylation sites (tertiary alicyclic amines) is 1. The number of halogens is 3. The van der Waals surface area contributed by atoms with Crippen molar-refractivity contribution in [2.24, 2.45) is 0 Å². The third-order valence-electron chi connectivity index (χ3n) is 4.92. The van der Waals surface area contributed by atoms with Crippen molar-refractivity contribution < 1.29 is 17.9 Å². The summed E-state index contributed by atoms with van der Waals surface area (Å²) in [5, 5.41) is 5.09. The maximum atomic E-state index is 13.1. The highest BCUT2D eigenvalue weighted by atomic mass is 19.4.